The summed E-state index contributed by atoms with van der Waals surface area (Å²) in [5.74, 6) is -0.205. The van der Waals surface area contributed by atoms with Crippen LogP contribution < -0.4 is 19.7 Å². The molecule has 10 heteroatoms. The molecule has 3 aromatic carbocycles. The molecule has 0 saturated carbocycles. The van der Waals surface area contributed by atoms with Crippen LogP contribution in [0.15, 0.2) is 77.7 Å². The van der Waals surface area contributed by atoms with Gasteiger partial charge in [0.1, 0.15) is 11.8 Å². The number of imide groups is 1. The number of anilines is 3. The molecule has 0 radical (unpaired) electrons. The number of hydrogen-bond donors (Lipinski definition) is 2. The smallest absolute Gasteiger partial charge is 0.261 e. The van der Waals surface area contributed by atoms with Gasteiger partial charge >= 0.3 is 0 Å². The van der Waals surface area contributed by atoms with E-state index in [1.165, 1.54) is 25.3 Å². The zero-order chi connectivity index (χ0) is 23.6. The molecular formula is C23H20ClN3O5S. The highest BCUT2D eigenvalue weighted by Gasteiger charge is 2.39. The van der Waals surface area contributed by atoms with Gasteiger partial charge in [-0.2, -0.15) is 0 Å². The monoisotopic (exact) mass is 485 g/mol. The number of ether oxygens (including phenoxy) is 1. The Balaban J connectivity index is 1.51. The largest absolute Gasteiger partial charge is 0.497 e. The summed E-state index contributed by atoms with van der Waals surface area (Å²) in [5, 5.41) is 3.38. The average molecular weight is 486 g/mol. The average Bonchev–Trinajstić information content (AvgIpc) is 3.07. The van der Waals surface area contributed by atoms with Crippen LogP contribution in [0.1, 0.15) is 6.42 Å². The molecule has 1 fully saturated rings. The van der Waals surface area contributed by atoms with E-state index in [4.69, 9.17) is 16.3 Å². The molecule has 4 rings (SSSR count). The molecule has 1 aliphatic rings. The number of sulfonamides is 1. The normalized spacial score (nSPS) is 16.1. The van der Waals surface area contributed by atoms with Gasteiger partial charge in [-0.3, -0.25) is 14.3 Å². The fraction of sp³-hybridized carbons (Fsp3) is 0.130. The van der Waals surface area contributed by atoms with E-state index in [-0.39, 0.29) is 17.2 Å². The van der Waals surface area contributed by atoms with Gasteiger partial charge in [0.2, 0.25) is 5.91 Å². The van der Waals surface area contributed by atoms with E-state index in [0.29, 0.717) is 27.8 Å². The molecule has 3 aromatic rings. The van der Waals surface area contributed by atoms with Crippen molar-refractivity contribution in [1.82, 2.24) is 0 Å². The summed E-state index contributed by atoms with van der Waals surface area (Å²) in [6.45, 7) is 0. The van der Waals surface area contributed by atoms with Crippen LogP contribution in [0.25, 0.3) is 0 Å². The topological polar surface area (TPSA) is 105 Å². The van der Waals surface area contributed by atoms with Crippen LogP contribution in [-0.2, 0) is 19.6 Å². The third-order valence-corrected chi connectivity index (χ3v) is 6.65. The van der Waals surface area contributed by atoms with Gasteiger partial charge in [0, 0.05) is 16.4 Å². The van der Waals surface area contributed by atoms with Gasteiger partial charge in [-0.25, -0.2) is 13.3 Å². The van der Waals surface area contributed by atoms with Crippen molar-refractivity contribution >= 4 is 50.5 Å². The summed E-state index contributed by atoms with van der Waals surface area (Å²) in [5.41, 5.74) is 1.16. The predicted molar refractivity (Wildman–Crippen MR) is 126 cm³/mol. The summed E-state index contributed by atoms with van der Waals surface area (Å²) in [4.78, 5) is 26.4. The Hall–Kier alpha value is -3.56. The van der Waals surface area contributed by atoms with Gasteiger partial charge in [-0.15, -0.1) is 0 Å². The zero-order valence-corrected chi connectivity index (χ0v) is 19.1. The molecule has 0 bridgehead atoms. The van der Waals surface area contributed by atoms with Crippen molar-refractivity contribution in [2.75, 3.05) is 22.0 Å². The van der Waals surface area contributed by atoms with Crippen molar-refractivity contribution in [2.45, 2.75) is 17.4 Å². The number of halogens is 1. The molecular weight excluding hydrogens is 466 g/mol. The first-order valence-electron chi connectivity index (χ1n) is 9.93. The maximum atomic E-state index is 12.9. The zero-order valence-electron chi connectivity index (χ0n) is 17.5. The van der Waals surface area contributed by atoms with Gasteiger partial charge in [0.15, 0.2) is 0 Å². The Morgan fingerprint density at radius 2 is 1.70 bits per heavy atom. The lowest BCUT2D eigenvalue weighted by molar-refractivity contribution is -0.121. The van der Waals surface area contributed by atoms with Crippen molar-refractivity contribution in [2.24, 2.45) is 0 Å². The van der Waals surface area contributed by atoms with E-state index in [1.807, 2.05) is 0 Å². The number of methoxy groups -OCH3 is 1. The standard InChI is InChI=1S/C23H20ClN3O5S/c1-32-19-10-8-16(9-11-19)26-33(30,31)20-7-3-5-17(13-20)25-21-14-22(28)27(23(21)29)18-6-2-4-15(24)12-18/h2-13,21,25-26H,14H2,1H3/t21-/m0/s1. The van der Waals surface area contributed by atoms with Crippen LogP contribution in [-0.4, -0.2) is 33.4 Å². The van der Waals surface area contributed by atoms with Crippen molar-refractivity contribution < 1.29 is 22.7 Å². The second kappa shape index (κ2) is 9.13. The molecule has 0 unspecified atom stereocenters. The lowest BCUT2D eigenvalue weighted by atomic mass is 10.2. The number of benzene rings is 3. The van der Waals surface area contributed by atoms with Crippen LogP contribution in [0.5, 0.6) is 5.75 Å². The minimum Gasteiger partial charge on any atom is -0.497 e. The summed E-state index contributed by atoms with van der Waals surface area (Å²) in [6, 6.07) is 18.1. The lowest BCUT2D eigenvalue weighted by Crippen LogP contribution is -2.34. The number of nitrogens with zero attached hydrogens (tertiary/aromatic N) is 1. The SMILES string of the molecule is COc1ccc(NS(=O)(=O)c2cccc(N[C@H]3CC(=O)N(c4cccc(Cl)c4)C3=O)c2)cc1. The molecule has 170 valence electrons. The molecule has 0 aromatic heterocycles. The van der Waals surface area contributed by atoms with Gasteiger partial charge in [-0.05, 0) is 60.7 Å². The second-order valence-corrected chi connectivity index (χ2v) is 9.43. The van der Waals surface area contributed by atoms with E-state index in [9.17, 15) is 18.0 Å². The van der Waals surface area contributed by atoms with Crippen molar-refractivity contribution in [1.29, 1.82) is 0 Å². The number of rotatable bonds is 7. The van der Waals surface area contributed by atoms with E-state index < -0.39 is 22.0 Å². The molecule has 1 saturated heterocycles. The Morgan fingerprint density at radius 3 is 2.39 bits per heavy atom. The van der Waals surface area contributed by atoms with Gasteiger partial charge in [0.05, 0.1) is 24.1 Å². The third kappa shape index (κ3) is 4.94. The maximum Gasteiger partial charge on any atom is 0.261 e. The Kier molecular flexibility index (Phi) is 6.26. The molecule has 1 aliphatic heterocycles. The van der Waals surface area contributed by atoms with Crippen LogP contribution in [0.2, 0.25) is 5.02 Å². The molecule has 8 nitrogen and oxygen atoms in total. The van der Waals surface area contributed by atoms with Crippen LogP contribution >= 0.6 is 11.6 Å². The van der Waals surface area contributed by atoms with Crippen LogP contribution in [0.4, 0.5) is 17.1 Å². The number of hydrogen-bond acceptors (Lipinski definition) is 6. The Labute approximate surface area is 196 Å². The van der Waals surface area contributed by atoms with Crippen molar-refractivity contribution in [3.8, 4) is 5.75 Å². The number of carbonyl (C=O) groups excluding carboxylic acids is 2. The van der Waals surface area contributed by atoms with Crippen molar-refractivity contribution in [3.63, 3.8) is 0 Å². The van der Waals surface area contributed by atoms with Crippen LogP contribution in [0, 0.1) is 0 Å². The van der Waals surface area contributed by atoms with E-state index in [1.54, 1.807) is 54.6 Å². The first-order chi connectivity index (χ1) is 15.8. The van der Waals surface area contributed by atoms with E-state index in [2.05, 4.69) is 10.0 Å². The van der Waals surface area contributed by atoms with Gasteiger partial charge < -0.3 is 10.1 Å². The highest BCUT2D eigenvalue weighted by Crippen LogP contribution is 2.28. The molecule has 33 heavy (non-hydrogen) atoms. The molecule has 1 heterocycles. The third-order valence-electron chi connectivity index (χ3n) is 5.04. The molecule has 2 amide bonds. The molecule has 0 spiro atoms. The maximum absolute atomic E-state index is 12.9. The predicted octanol–water partition coefficient (Wildman–Crippen LogP) is 3.89. The minimum absolute atomic E-state index is 0.00629. The molecule has 2 N–H and O–H groups in total. The lowest BCUT2D eigenvalue weighted by Gasteiger charge is -2.17. The quantitative estimate of drug-likeness (QED) is 0.492. The highest BCUT2D eigenvalue weighted by atomic mass is 35.5. The second-order valence-electron chi connectivity index (χ2n) is 7.31. The van der Waals surface area contributed by atoms with E-state index >= 15 is 0 Å². The molecule has 1 atom stereocenters. The Bertz CT molecular complexity index is 1310. The summed E-state index contributed by atoms with van der Waals surface area (Å²) < 4.78 is 33.2. The number of nitrogens with one attached hydrogen (secondary N) is 2. The summed E-state index contributed by atoms with van der Waals surface area (Å²) in [7, 11) is -2.36. The van der Waals surface area contributed by atoms with Gasteiger partial charge in [-0.1, -0.05) is 23.7 Å². The fourth-order valence-corrected chi connectivity index (χ4v) is 4.75. The number of carbonyl (C=O) groups is 2. The number of amides is 2. The summed E-state index contributed by atoms with van der Waals surface area (Å²) >= 11 is 5.98. The van der Waals surface area contributed by atoms with Gasteiger partial charge in [0.25, 0.3) is 15.9 Å². The molecule has 0 aliphatic carbocycles. The minimum atomic E-state index is -3.88. The fourth-order valence-electron chi connectivity index (χ4n) is 3.46. The van der Waals surface area contributed by atoms with Crippen LogP contribution in [0.3, 0.4) is 0 Å². The highest BCUT2D eigenvalue weighted by molar-refractivity contribution is 7.92. The van der Waals surface area contributed by atoms with Crippen molar-refractivity contribution in [3.05, 3.63) is 77.8 Å². The first kappa shape index (κ1) is 22.6. The Morgan fingerprint density at radius 1 is 0.970 bits per heavy atom. The first-order valence-corrected chi connectivity index (χ1v) is 11.8. The van der Waals surface area contributed by atoms with E-state index in [0.717, 1.165) is 4.90 Å². The summed E-state index contributed by atoms with van der Waals surface area (Å²) in [6.07, 6.45) is -0.0631.